The van der Waals surface area contributed by atoms with Crippen LogP contribution in [0.1, 0.15) is 40.5 Å². The lowest BCUT2D eigenvalue weighted by molar-refractivity contribution is -0.139. The van der Waals surface area contributed by atoms with Gasteiger partial charge in [0.25, 0.3) is 0 Å². The highest BCUT2D eigenvalue weighted by Gasteiger charge is 2.29. The Bertz CT molecular complexity index is 682. The Morgan fingerprint density at radius 1 is 1.37 bits per heavy atom. The van der Waals surface area contributed by atoms with Crippen LogP contribution in [-0.4, -0.2) is 27.3 Å². The first-order valence-corrected chi connectivity index (χ1v) is 6.18. The molecule has 96 valence electrons. The molecule has 3 rings (SSSR count). The molecule has 1 aliphatic rings. The summed E-state index contributed by atoms with van der Waals surface area (Å²) in [4.78, 5) is 31.1. The number of carboxylic acid groups (broad SMARTS) is 1. The lowest BCUT2D eigenvalue weighted by atomic mass is 9.89. The molecule has 1 N–H and O–H groups in total. The third-order valence-corrected chi connectivity index (χ3v) is 3.49. The molecular weight excluding hydrogens is 244 g/mol. The molecule has 0 radical (unpaired) electrons. The maximum atomic E-state index is 11.3. The van der Waals surface area contributed by atoms with Crippen molar-refractivity contribution in [3.8, 4) is 0 Å². The number of aliphatic carboxylic acids is 1. The number of aldehydes is 1. The van der Waals surface area contributed by atoms with Gasteiger partial charge < -0.3 is 5.11 Å². The van der Waals surface area contributed by atoms with Gasteiger partial charge in [-0.05, 0) is 31.4 Å². The number of para-hydroxylation sites is 1. The van der Waals surface area contributed by atoms with E-state index in [0.717, 1.165) is 19.1 Å². The second kappa shape index (κ2) is 4.42. The van der Waals surface area contributed by atoms with E-state index in [4.69, 9.17) is 0 Å². The number of carboxylic acids is 1. The molecule has 5 nitrogen and oxygen atoms in total. The fraction of sp³-hybridized carbons (Fsp3) is 0.286. The highest BCUT2D eigenvalue weighted by Crippen LogP contribution is 2.31. The Balaban J connectivity index is 2.26. The molecule has 5 heteroatoms. The zero-order chi connectivity index (χ0) is 13.4. The van der Waals surface area contributed by atoms with Crippen LogP contribution in [0.4, 0.5) is 0 Å². The molecule has 0 bridgehead atoms. The lowest BCUT2D eigenvalue weighted by Crippen LogP contribution is -2.21. The summed E-state index contributed by atoms with van der Waals surface area (Å²) in [5, 5.41) is 9.23. The van der Waals surface area contributed by atoms with Crippen LogP contribution in [-0.2, 0) is 11.2 Å². The second-order valence-electron chi connectivity index (χ2n) is 4.67. The number of aromatic nitrogens is 2. The first-order chi connectivity index (χ1) is 9.20. The van der Waals surface area contributed by atoms with E-state index in [1.165, 1.54) is 0 Å². The molecule has 1 unspecified atom stereocenters. The molecule has 19 heavy (non-hydrogen) atoms. The Morgan fingerprint density at radius 2 is 2.21 bits per heavy atom. The van der Waals surface area contributed by atoms with Gasteiger partial charge in [-0.3, -0.25) is 9.59 Å². The predicted octanol–water partition coefficient (Wildman–Crippen LogP) is 1.95. The highest BCUT2D eigenvalue weighted by molar-refractivity contribution is 5.94. The van der Waals surface area contributed by atoms with Crippen LogP contribution in [0.15, 0.2) is 18.2 Å². The quantitative estimate of drug-likeness (QED) is 0.830. The zero-order valence-electron chi connectivity index (χ0n) is 10.2. The van der Waals surface area contributed by atoms with E-state index >= 15 is 0 Å². The summed E-state index contributed by atoms with van der Waals surface area (Å²) >= 11 is 0. The molecule has 0 saturated heterocycles. The van der Waals surface area contributed by atoms with Gasteiger partial charge >= 0.3 is 5.97 Å². The van der Waals surface area contributed by atoms with Gasteiger partial charge in [0, 0.05) is 5.56 Å². The molecule has 1 heterocycles. The number of carbonyl (C=O) groups excluding carboxylic acids is 1. The monoisotopic (exact) mass is 256 g/mol. The summed E-state index contributed by atoms with van der Waals surface area (Å²) in [5.74, 6) is -1.44. The van der Waals surface area contributed by atoms with E-state index in [1.807, 2.05) is 0 Å². The van der Waals surface area contributed by atoms with Crippen LogP contribution in [0.2, 0.25) is 0 Å². The first-order valence-electron chi connectivity index (χ1n) is 6.18. The van der Waals surface area contributed by atoms with E-state index < -0.39 is 11.9 Å². The summed E-state index contributed by atoms with van der Waals surface area (Å²) in [6.45, 7) is 0. The molecule has 1 atom stereocenters. The number of hydrogen-bond acceptors (Lipinski definition) is 4. The summed E-state index contributed by atoms with van der Waals surface area (Å²) in [6, 6.07) is 5.17. The number of hydrogen-bond donors (Lipinski definition) is 1. The van der Waals surface area contributed by atoms with Gasteiger partial charge in [-0.25, -0.2) is 9.97 Å². The zero-order valence-corrected chi connectivity index (χ0v) is 10.2. The minimum absolute atomic E-state index is 0.491. The van der Waals surface area contributed by atoms with Crippen LogP contribution in [0.3, 0.4) is 0 Å². The molecule has 1 aliphatic carbocycles. The smallest absolute Gasteiger partial charge is 0.312 e. The maximum absolute atomic E-state index is 11.3. The van der Waals surface area contributed by atoms with Gasteiger partial charge in [0.15, 0.2) is 6.29 Å². The molecule has 0 aliphatic heterocycles. The van der Waals surface area contributed by atoms with Gasteiger partial charge in [-0.1, -0.05) is 6.07 Å². The van der Waals surface area contributed by atoms with Gasteiger partial charge in [-0.15, -0.1) is 0 Å². The molecule has 0 fully saturated rings. The first kappa shape index (κ1) is 11.8. The summed E-state index contributed by atoms with van der Waals surface area (Å²) in [5.41, 5.74) is 2.89. The number of aryl methyl sites for hydroxylation is 1. The third-order valence-electron chi connectivity index (χ3n) is 3.49. The highest BCUT2D eigenvalue weighted by atomic mass is 16.4. The molecular formula is C14H12N2O3. The van der Waals surface area contributed by atoms with Crippen molar-refractivity contribution in [2.75, 3.05) is 0 Å². The average Bonchev–Trinajstić information content (AvgIpc) is 2.43. The van der Waals surface area contributed by atoms with Gasteiger partial charge in [0.1, 0.15) is 5.92 Å². The van der Waals surface area contributed by atoms with Crippen molar-refractivity contribution in [3.63, 3.8) is 0 Å². The van der Waals surface area contributed by atoms with Crippen molar-refractivity contribution in [1.29, 1.82) is 0 Å². The van der Waals surface area contributed by atoms with E-state index in [-0.39, 0.29) is 0 Å². The van der Waals surface area contributed by atoms with Crippen LogP contribution in [0.25, 0.3) is 11.0 Å². The van der Waals surface area contributed by atoms with E-state index in [2.05, 4.69) is 9.97 Å². The van der Waals surface area contributed by atoms with Gasteiger partial charge in [-0.2, -0.15) is 0 Å². The fourth-order valence-electron chi connectivity index (χ4n) is 2.56. The number of nitrogens with zero attached hydrogens (tertiary/aromatic N) is 2. The lowest BCUT2D eigenvalue weighted by Gasteiger charge is -2.20. The number of benzene rings is 1. The summed E-state index contributed by atoms with van der Waals surface area (Å²) in [7, 11) is 0. The molecule has 2 aromatic rings. The van der Waals surface area contributed by atoms with Crippen molar-refractivity contribution in [2.45, 2.75) is 25.2 Å². The van der Waals surface area contributed by atoms with E-state index in [1.54, 1.807) is 18.2 Å². The summed E-state index contributed by atoms with van der Waals surface area (Å²) < 4.78 is 0. The third kappa shape index (κ3) is 1.87. The molecule has 0 amide bonds. The Morgan fingerprint density at radius 3 is 2.95 bits per heavy atom. The average molecular weight is 256 g/mol. The minimum atomic E-state index is -0.860. The van der Waals surface area contributed by atoms with Crippen molar-refractivity contribution in [2.24, 2.45) is 0 Å². The second-order valence-corrected chi connectivity index (χ2v) is 4.67. The van der Waals surface area contributed by atoms with E-state index in [9.17, 15) is 14.7 Å². The predicted molar refractivity (Wildman–Crippen MR) is 68.2 cm³/mol. The van der Waals surface area contributed by atoms with Crippen molar-refractivity contribution in [1.82, 2.24) is 9.97 Å². The molecule has 1 aromatic carbocycles. The number of rotatable bonds is 2. The van der Waals surface area contributed by atoms with Crippen LogP contribution < -0.4 is 0 Å². The van der Waals surface area contributed by atoms with Crippen LogP contribution in [0, 0.1) is 0 Å². The number of fused-ring (bicyclic) bond motifs is 2. The number of carbonyl (C=O) groups is 2. The molecule has 0 spiro atoms. The van der Waals surface area contributed by atoms with Crippen LogP contribution >= 0.6 is 0 Å². The minimum Gasteiger partial charge on any atom is -0.481 e. The maximum Gasteiger partial charge on any atom is 0.312 e. The van der Waals surface area contributed by atoms with Gasteiger partial charge in [0.05, 0.1) is 22.4 Å². The van der Waals surface area contributed by atoms with Crippen LogP contribution in [0.5, 0.6) is 0 Å². The Hall–Kier alpha value is -2.30. The molecule has 0 saturated carbocycles. The molecule has 1 aromatic heterocycles. The van der Waals surface area contributed by atoms with Gasteiger partial charge in [0.2, 0.25) is 0 Å². The fourth-order valence-corrected chi connectivity index (χ4v) is 2.56. The van der Waals surface area contributed by atoms with Crippen molar-refractivity contribution >= 4 is 23.3 Å². The standard InChI is InChI=1S/C14H12N2O3/c17-7-8-3-1-5-10-12(8)15-11-6-2-4-9(14(18)19)13(11)16-10/h1,3,5,7,9H,2,4,6H2,(H,18,19). The summed E-state index contributed by atoms with van der Waals surface area (Å²) in [6.07, 6.45) is 2.85. The SMILES string of the molecule is O=Cc1cccc2nc3c(nc12)CCCC3C(=O)O. The normalized spacial score (nSPS) is 18.0. The van der Waals surface area contributed by atoms with Crippen molar-refractivity contribution in [3.05, 3.63) is 35.2 Å². The Labute approximate surface area is 109 Å². The Kier molecular flexibility index (Phi) is 2.74. The van der Waals surface area contributed by atoms with E-state index in [0.29, 0.717) is 34.4 Å². The van der Waals surface area contributed by atoms with Crippen molar-refractivity contribution < 1.29 is 14.7 Å². The topological polar surface area (TPSA) is 80.2 Å². The largest absolute Gasteiger partial charge is 0.481 e.